The minimum atomic E-state index is -0.0339. The van der Waals surface area contributed by atoms with Crippen LogP contribution in [-0.2, 0) is 4.79 Å². The highest BCUT2D eigenvalue weighted by molar-refractivity contribution is 7.99. The first-order valence-electron chi connectivity index (χ1n) is 7.48. The maximum atomic E-state index is 11.8. The minimum absolute atomic E-state index is 0.0339. The Hall–Kier alpha value is -1.73. The molecule has 0 aliphatic heterocycles. The number of benzene rings is 1. The van der Waals surface area contributed by atoms with Gasteiger partial charge in [-0.25, -0.2) is 4.68 Å². The number of aromatic nitrogens is 3. The average Bonchev–Trinajstić information content (AvgIpc) is 2.91. The van der Waals surface area contributed by atoms with Crippen molar-refractivity contribution in [3.63, 3.8) is 0 Å². The van der Waals surface area contributed by atoms with Crippen LogP contribution in [0.25, 0.3) is 11.4 Å². The van der Waals surface area contributed by atoms with Crippen molar-refractivity contribution < 1.29 is 4.79 Å². The maximum absolute atomic E-state index is 11.8. The van der Waals surface area contributed by atoms with Gasteiger partial charge in [0, 0.05) is 12.1 Å². The van der Waals surface area contributed by atoms with E-state index in [0.29, 0.717) is 28.1 Å². The van der Waals surface area contributed by atoms with Gasteiger partial charge in [-0.1, -0.05) is 55.3 Å². The number of halogens is 1. The molecule has 3 N–H and O–H groups in total. The lowest BCUT2D eigenvalue weighted by atomic mass is 10.2. The van der Waals surface area contributed by atoms with Gasteiger partial charge in [0.15, 0.2) is 5.82 Å². The van der Waals surface area contributed by atoms with Crippen molar-refractivity contribution in [1.29, 1.82) is 0 Å². The normalized spacial score (nSPS) is 10.7. The largest absolute Gasteiger partial charge is 0.355 e. The fourth-order valence-electron chi connectivity index (χ4n) is 1.99. The highest BCUT2D eigenvalue weighted by Gasteiger charge is 2.15. The monoisotopic (exact) mass is 353 g/mol. The van der Waals surface area contributed by atoms with Gasteiger partial charge < -0.3 is 11.2 Å². The van der Waals surface area contributed by atoms with E-state index >= 15 is 0 Å². The summed E-state index contributed by atoms with van der Waals surface area (Å²) in [5.74, 6) is 6.70. The third-order valence-corrected chi connectivity index (χ3v) is 4.49. The SMILES string of the molecule is CCCCCNC(=O)CSc1nnc(-c2ccccc2Cl)n1N. The number of amides is 1. The minimum Gasteiger partial charge on any atom is -0.355 e. The zero-order chi connectivity index (χ0) is 16.7. The number of thioether (sulfide) groups is 1. The van der Waals surface area contributed by atoms with E-state index in [9.17, 15) is 4.79 Å². The second-order valence-corrected chi connectivity index (χ2v) is 6.35. The first kappa shape index (κ1) is 17.6. The molecule has 1 heterocycles. The molecule has 0 bridgehead atoms. The van der Waals surface area contributed by atoms with Crippen LogP contribution in [0.1, 0.15) is 26.2 Å². The van der Waals surface area contributed by atoms with Gasteiger partial charge in [0.25, 0.3) is 0 Å². The first-order chi connectivity index (χ1) is 11.1. The summed E-state index contributed by atoms with van der Waals surface area (Å²) in [5.41, 5.74) is 0.708. The number of rotatable bonds is 8. The molecule has 0 radical (unpaired) electrons. The summed E-state index contributed by atoms with van der Waals surface area (Å²) in [6.07, 6.45) is 3.24. The van der Waals surface area contributed by atoms with Gasteiger partial charge in [-0.2, -0.15) is 0 Å². The van der Waals surface area contributed by atoms with Crippen LogP contribution >= 0.6 is 23.4 Å². The van der Waals surface area contributed by atoms with Crippen molar-refractivity contribution in [3.8, 4) is 11.4 Å². The van der Waals surface area contributed by atoms with Gasteiger partial charge in [0.2, 0.25) is 11.1 Å². The number of nitrogen functional groups attached to an aromatic ring is 1. The van der Waals surface area contributed by atoms with Crippen LogP contribution in [0, 0.1) is 0 Å². The summed E-state index contributed by atoms with van der Waals surface area (Å²) in [7, 11) is 0. The molecule has 124 valence electrons. The summed E-state index contributed by atoms with van der Waals surface area (Å²) in [6, 6.07) is 7.28. The van der Waals surface area contributed by atoms with Crippen LogP contribution in [-0.4, -0.2) is 33.1 Å². The molecule has 0 saturated heterocycles. The molecule has 0 aliphatic rings. The van der Waals surface area contributed by atoms with Crippen molar-refractivity contribution in [1.82, 2.24) is 20.2 Å². The van der Waals surface area contributed by atoms with Gasteiger partial charge in [-0.3, -0.25) is 4.79 Å². The lowest BCUT2D eigenvalue weighted by Gasteiger charge is -2.06. The van der Waals surface area contributed by atoms with Crippen molar-refractivity contribution in [2.45, 2.75) is 31.3 Å². The Kier molecular flexibility index (Phi) is 6.73. The van der Waals surface area contributed by atoms with Crippen LogP contribution in [0.5, 0.6) is 0 Å². The van der Waals surface area contributed by atoms with E-state index in [2.05, 4.69) is 22.4 Å². The number of nitrogens with one attached hydrogen (secondary N) is 1. The molecule has 0 atom stereocenters. The number of carbonyl (C=O) groups excluding carboxylic acids is 1. The molecule has 6 nitrogen and oxygen atoms in total. The summed E-state index contributed by atoms with van der Waals surface area (Å²) in [5, 5.41) is 12.0. The predicted octanol–water partition coefficient (Wildman–Crippen LogP) is 2.71. The Labute approximate surface area is 144 Å². The smallest absolute Gasteiger partial charge is 0.230 e. The quantitative estimate of drug-likeness (QED) is 0.433. The molecule has 0 saturated carbocycles. The van der Waals surface area contributed by atoms with Crippen LogP contribution in [0.2, 0.25) is 5.02 Å². The van der Waals surface area contributed by atoms with E-state index in [1.54, 1.807) is 6.07 Å². The second-order valence-electron chi connectivity index (χ2n) is 5.00. The molecule has 0 aliphatic carbocycles. The molecular weight excluding hydrogens is 334 g/mol. The molecule has 1 amide bonds. The molecule has 2 aromatic rings. The third kappa shape index (κ3) is 4.87. The number of hydrogen-bond acceptors (Lipinski definition) is 5. The Balaban J connectivity index is 1.93. The molecule has 23 heavy (non-hydrogen) atoms. The van der Waals surface area contributed by atoms with Crippen molar-refractivity contribution in [2.24, 2.45) is 0 Å². The topological polar surface area (TPSA) is 85.8 Å². The summed E-state index contributed by atoms with van der Waals surface area (Å²) in [6.45, 7) is 2.83. The fourth-order valence-corrected chi connectivity index (χ4v) is 2.89. The predicted molar refractivity (Wildman–Crippen MR) is 93.9 cm³/mol. The van der Waals surface area contributed by atoms with E-state index in [1.807, 2.05) is 18.2 Å². The lowest BCUT2D eigenvalue weighted by Crippen LogP contribution is -2.26. The third-order valence-electron chi connectivity index (χ3n) is 3.21. The summed E-state index contributed by atoms with van der Waals surface area (Å²) >= 11 is 7.39. The Morgan fingerprint density at radius 3 is 2.87 bits per heavy atom. The zero-order valence-electron chi connectivity index (χ0n) is 13.0. The van der Waals surface area contributed by atoms with E-state index in [1.165, 1.54) is 16.4 Å². The molecule has 2 rings (SSSR count). The van der Waals surface area contributed by atoms with Crippen LogP contribution in [0.15, 0.2) is 29.4 Å². The van der Waals surface area contributed by atoms with Gasteiger partial charge in [-0.05, 0) is 18.6 Å². The standard InChI is InChI=1S/C15H20ClN5OS/c1-2-3-6-9-18-13(22)10-23-15-20-19-14(21(15)17)11-7-4-5-8-12(11)16/h4-5,7-8H,2-3,6,9-10,17H2,1H3,(H,18,22). The van der Waals surface area contributed by atoms with E-state index in [4.69, 9.17) is 17.4 Å². The first-order valence-corrected chi connectivity index (χ1v) is 8.84. The van der Waals surface area contributed by atoms with E-state index in [-0.39, 0.29) is 11.7 Å². The number of nitrogens with zero attached hydrogens (tertiary/aromatic N) is 3. The highest BCUT2D eigenvalue weighted by atomic mass is 35.5. The number of unbranched alkanes of at least 4 members (excludes halogenated alkanes) is 2. The Morgan fingerprint density at radius 2 is 2.13 bits per heavy atom. The second kappa shape index (κ2) is 8.79. The Morgan fingerprint density at radius 1 is 1.35 bits per heavy atom. The van der Waals surface area contributed by atoms with E-state index < -0.39 is 0 Å². The average molecular weight is 354 g/mol. The van der Waals surface area contributed by atoms with E-state index in [0.717, 1.165) is 19.3 Å². The zero-order valence-corrected chi connectivity index (χ0v) is 14.5. The molecule has 0 fully saturated rings. The number of carbonyl (C=O) groups is 1. The molecule has 1 aromatic heterocycles. The fraction of sp³-hybridized carbons (Fsp3) is 0.400. The molecule has 0 spiro atoms. The highest BCUT2D eigenvalue weighted by Crippen LogP contribution is 2.27. The number of nitrogens with two attached hydrogens (primary N) is 1. The van der Waals surface area contributed by atoms with Gasteiger partial charge in [-0.15, -0.1) is 10.2 Å². The van der Waals surface area contributed by atoms with Gasteiger partial charge in [0.1, 0.15) is 0 Å². The van der Waals surface area contributed by atoms with Crippen LogP contribution < -0.4 is 11.2 Å². The molecule has 0 unspecified atom stereocenters. The molecular formula is C15H20ClN5OS. The Bertz CT molecular complexity index is 661. The molecule has 1 aromatic carbocycles. The van der Waals surface area contributed by atoms with Crippen molar-refractivity contribution >= 4 is 29.3 Å². The van der Waals surface area contributed by atoms with Gasteiger partial charge in [0.05, 0.1) is 10.8 Å². The van der Waals surface area contributed by atoms with Crippen LogP contribution in [0.3, 0.4) is 0 Å². The summed E-state index contributed by atoms with van der Waals surface area (Å²) < 4.78 is 1.36. The summed E-state index contributed by atoms with van der Waals surface area (Å²) in [4.78, 5) is 11.8. The maximum Gasteiger partial charge on any atom is 0.230 e. The lowest BCUT2D eigenvalue weighted by molar-refractivity contribution is -0.118. The molecule has 8 heteroatoms. The van der Waals surface area contributed by atoms with Crippen LogP contribution in [0.4, 0.5) is 0 Å². The van der Waals surface area contributed by atoms with Crippen molar-refractivity contribution in [2.75, 3.05) is 18.1 Å². The number of hydrogen-bond donors (Lipinski definition) is 2. The van der Waals surface area contributed by atoms with Crippen molar-refractivity contribution in [3.05, 3.63) is 29.3 Å². The van der Waals surface area contributed by atoms with Gasteiger partial charge >= 0.3 is 0 Å².